The van der Waals surface area contributed by atoms with Gasteiger partial charge >= 0.3 is 0 Å². The van der Waals surface area contributed by atoms with Crippen LogP contribution in [0.25, 0.3) is 0 Å². The van der Waals surface area contributed by atoms with Crippen LogP contribution in [0.1, 0.15) is 26.6 Å². The molecule has 1 aromatic carbocycles. The quantitative estimate of drug-likeness (QED) is 0.742. The molecule has 23 heavy (non-hydrogen) atoms. The third-order valence-corrected chi connectivity index (χ3v) is 5.00. The van der Waals surface area contributed by atoms with Crippen molar-refractivity contribution >= 4 is 38.9 Å². The Morgan fingerprint density at radius 1 is 1.22 bits per heavy atom. The van der Waals surface area contributed by atoms with E-state index in [1.54, 1.807) is 7.05 Å². The first-order chi connectivity index (χ1) is 11.2. The minimum atomic E-state index is -0.219. The second-order valence-electron chi connectivity index (χ2n) is 4.84. The van der Waals surface area contributed by atoms with E-state index >= 15 is 0 Å². The summed E-state index contributed by atoms with van der Waals surface area (Å²) in [4.78, 5) is 12.4. The summed E-state index contributed by atoms with van der Waals surface area (Å²) in [6.45, 7) is 1.81. The number of aromatic nitrogens is 3. The SMILES string of the molecule is CNc1snc(C)c1C(=O)Nc1nnc(Cc2ccccc2)s1. The number of nitrogens with zero attached hydrogens (tertiary/aromatic N) is 3. The van der Waals surface area contributed by atoms with E-state index in [-0.39, 0.29) is 5.91 Å². The van der Waals surface area contributed by atoms with E-state index in [2.05, 4.69) is 25.2 Å². The lowest BCUT2D eigenvalue weighted by Crippen LogP contribution is -2.13. The first-order valence-electron chi connectivity index (χ1n) is 6.99. The van der Waals surface area contributed by atoms with Crippen molar-refractivity contribution in [3.8, 4) is 0 Å². The molecule has 0 saturated heterocycles. The summed E-state index contributed by atoms with van der Waals surface area (Å²) in [6.07, 6.45) is 0.704. The van der Waals surface area contributed by atoms with Crippen LogP contribution >= 0.6 is 22.9 Å². The second kappa shape index (κ2) is 6.84. The van der Waals surface area contributed by atoms with E-state index in [9.17, 15) is 4.79 Å². The zero-order valence-corrected chi connectivity index (χ0v) is 14.3. The fraction of sp³-hybridized carbons (Fsp3) is 0.200. The van der Waals surface area contributed by atoms with Gasteiger partial charge in [0.15, 0.2) is 0 Å². The van der Waals surface area contributed by atoms with Crippen LogP contribution in [-0.4, -0.2) is 27.5 Å². The molecule has 0 aliphatic carbocycles. The maximum Gasteiger partial charge on any atom is 0.262 e. The summed E-state index contributed by atoms with van der Waals surface area (Å²) in [7, 11) is 1.77. The van der Waals surface area contributed by atoms with Gasteiger partial charge < -0.3 is 5.32 Å². The highest BCUT2D eigenvalue weighted by Crippen LogP contribution is 2.26. The fourth-order valence-electron chi connectivity index (χ4n) is 2.11. The minimum absolute atomic E-state index is 0.219. The summed E-state index contributed by atoms with van der Waals surface area (Å²) in [6, 6.07) is 10.0. The van der Waals surface area contributed by atoms with E-state index in [1.807, 2.05) is 37.3 Å². The molecule has 118 valence electrons. The van der Waals surface area contributed by atoms with Gasteiger partial charge in [0, 0.05) is 13.5 Å². The molecule has 0 saturated carbocycles. The molecule has 2 aromatic heterocycles. The zero-order chi connectivity index (χ0) is 16.2. The molecule has 0 unspecified atom stereocenters. The Morgan fingerprint density at radius 3 is 2.74 bits per heavy atom. The number of benzene rings is 1. The summed E-state index contributed by atoms with van der Waals surface area (Å²) < 4.78 is 4.20. The van der Waals surface area contributed by atoms with Crippen LogP contribution in [0.2, 0.25) is 0 Å². The monoisotopic (exact) mass is 345 g/mol. The van der Waals surface area contributed by atoms with Gasteiger partial charge in [0.25, 0.3) is 5.91 Å². The number of nitrogens with one attached hydrogen (secondary N) is 2. The standard InChI is InChI=1S/C15H15N5OS2/c1-9-12(14(16-2)23-20-9)13(21)17-15-19-18-11(22-15)8-10-6-4-3-5-7-10/h3-7,16H,8H2,1-2H3,(H,17,19,21). The molecule has 0 aliphatic rings. The average Bonchev–Trinajstić information content (AvgIpc) is 3.14. The lowest BCUT2D eigenvalue weighted by atomic mass is 10.2. The molecule has 3 aromatic rings. The average molecular weight is 345 g/mol. The van der Waals surface area contributed by atoms with Gasteiger partial charge in [-0.05, 0) is 24.0 Å². The van der Waals surface area contributed by atoms with E-state index in [0.717, 1.165) is 15.6 Å². The van der Waals surface area contributed by atoms with Gasteiger partial charge in [-0.15, -0.1) is 10.2 Å². The van der Waals surface area contributed by atoms with Crippen molar-refractivity contribution in [3.05, 3.63) is 52.2 Å². The lowest BCUT2D eigenvalue weighted by molar-refractivity contribution is 0.102. The summed E-state index contributed by atoms with van der Waals surface area (Å²) in [5, 5.41) is 16.1. The van der Waals surface area contributed by atoms with Gasteiger partial charge in [0.05, 0.1) is 11.3 Å². The van der Waals surface area contributed by atoms with Gasteiger partial charge in [-0.25, -0.2) is 0 Å². The van der Waals surface area contributed by atoms with E-state index < -0.39 is 0 Å². The van der Waals surface area contributed by atoms with E-state index in [0.29, 0.717) is 22.8 Å². The van der Waals surface area contributed by atoms with Gasteiger partial charge in [0.1, 0.15) is 10.0 Å². The first kappa shape index (κ1) is 15.6. The van der Waals surface area contributed by atoms with Crippen molar-refractivity contribution in [1.29, 1.82) is 0 Å². The van der Waals surface area contributed by atoms with Crippen LogP contribution in [0.5, 0.6) is 0 Å². The number of hydrogen-bond acceptors (Lipinski definition) is 7. The van der Waals surface area contributed by atoms with E-state index in [4.69, 9.17) is 0 Å². The Labute approximate surface area is 141 Å². The predicted octanol–water partition coefficient (Wildman–Crippen LogP) is 3.19. The van der Waals surface area contributed by atoms with Crippen molar-refractivity contribution in [2.45, 2.75) is 13.3 Å². The highest BCUT2D eigenvalue weighted by Gasteiger charge is 2.19. The highest BCUT2D eigenvalue weighted by molar-refractivity contribution is 7.15. The van der Waals surface area contributed by atoms with Crippen LogP contribution in [0, 0.1) is 6.92 Å². The molecule has 2 heterocycles. The lowest BCUT2D eigenvalue weighted by Gasteiger charge is -2.02. The first-order valence-corrected chi connectivity index (χ1v) is 8.58. The smallest absolute Gasteiger partial charge is 0.262 e. The summed E-state index contributed by atoms with van der Waals surface area (Å²) >= 11 is 2.65. The molecule has 1 amide bonds. The number of carbonyl (C=O) groups is 1. The molecule has 2 N–H and O–H groups in total. The van der Waals surface area contributed by atoms with Crippen LogP contribution in [0.4, 0.5) is 10.1 Å². The Balaban J connectivity index is 1.71. The summed E-state index contributed by atoms with van der Waals surface area (Å²) in [5.41, 5.74) is 2.42. The molecule has 6 nitrogen and oxygen atoms in total. The van der Waals surface area contributed by atoms with Crippen molar-refractivity contribution in [2.75, 3.05) is 17.7 Å². The highest BCUT2D eigenvalue weighted by atomic mass is 32.1. The number of aryl methyl sites for hydroxylation is 1. The fourth-order valence-corrected chi connectivity index (χ4v) is 3.62. The Hall–Kier alpha value is -2.32. The van der Waals surface area contributed by atoms with Gasteiger partial charge in [0.2, 0.25) is 5.13 Å². The molecule has 0 radical (unpaired) electrons. The maximum absolute atomic E-state index is 12.4. The van der Waals surface area contributed by atoms with Gasteiger partial charge in [-0.3, -0.25) is 10.1 Å². The third-order valence-electron chi connectivity index (χ3n) is 3.20. The molecular formula is C15H15N5OS2. The molecular weight excluding hydrogens is 330 g/mol. The molecule has 3 rings (SSSR count). The number of rotatable bonds is 5. The van der Waals surface area contributed by atoms with Gasteiger partial charge in [-0.1, -0.05) is 41.7 Å². The number of carbonyl (C=O) groups excluding carboxylic acids is 1. The van der Waals surface area contributed by atoms with Crippen molar-refractivity contribution in [1.82, 2.24) is 14.6 Å². The number of amides is 1. The molecule has 8 heteroatoms. The number of anilines is 2. The Morgan fingerprint density at radius 2 is 2.00 bits per heavy atom. The van der Waals surface area contributed by atoms with E-state index in [1.165, 1.54) is 22.9 Å². The Kier molecular flexibility index (Phi) is 4.63. The Bertz CT molecular complexity index is 812. The van der Waals surface area contributed by atoms with Crippen molar-refractivity contribution in [2.24, 2.45) is 0 Å². The zero-order valence-electron chi connectivity index (χ0n) is 12.7. The molecule has 0 aliphatic heterocycles. The normalized spacial score (nSPS) is 10.5. The topological polar surface area (TPSA) is 79.8 Å². The van der Waals surface area contributed by atoms with Crippen LogP contribution in [0.3, 0.4) is 0 Å². The number of hydrogen-bond donors (Lipinski definition) is 2. The van der Waals surface area contributed by atoms with Crippen molar-refractivity contribution < 1.29 is 4.79 Å². The maximum atomic E-state index is 12.4. The summed E-state index contributed by atoms with van der Waals surface area (Å²) in [5.74, 6) is -0.219. The largest absolute Gasteiger partial charge is 0.378 e. The predicted molar refractivity (Wildman–Crippen MR) is 93.5 cm³/mol. The minimum Gasteiger partial charge on any atom is -0.378 e. The van der Waals surface area contributed by atoms with Crippen LogP contribution in [-0.2, 0) is 6.42 Å². The molecule has 0 fully saturated rings. The molecule has 0 atom stereocenters. The third kappa shape index (κ3) is 3.54. The van der Waals surface area contributed by atoms with Gasteiger partial charge in [-0.2, -0.15) is 4.37 Å². The molecule has 0 bridgehead atoms. The van der Waals surface area contributed by atoms with Crippen LogP contribution in [0.15, 0.2) is 30.3 Å². The second-order valence-corrected chi connectivity index (χ2v) is 6.68. The van der Waals surface area contributed by atoms with Crippen molar-refractivity contribution in [3.63, 3.8) is 0 Å². The van der Waals surface area contributed by atoms with Crippen LogP contribution < -0.4 is 10.6 Å². The molecule has 0 spiro atoms.